The fourth-order valence-corrected chi connectivity index (χ4v) is 0.656. The first-order valence-corrected chi connectivity index (χ1v) is 3.73. The number of halogens is 2. The minimum Gasteiger partial charge on any atom is -0.248 e. The Morgan fingerprint density at radius 3 is 2.20 bits per heavy atom. The van der Waals surface area contributed by atoms with Crippen LogP contribution < -0.4 is 0 Å². The lowest BCUT2D eigenvalue weighted by Gasteiger charge is -2.16. The van der Waals surface area contributed by atoms with Crippen molar-refractivity contribution in [3.63, 3.8) is 0 Å². The lowest BCUT2D eigenvalue weighted by molar-refractivity contribution is 0.123. The first-order chi connectivity index (χ1) is 4.48. The van der Waals surface area contributed by atoms with E-state index >= 15 is 0 Å². The van der Waals surface area contributed by atoms with Crippen LogP contribution in [0.25, 0.3) is 0 Å². The molecule has 0 aliphatic carbocycles. The van der Waals surface area contributed by atoms with E-state index in [0.29, 0.717) is 12.3 Å². The van der Waals surface area contributed by atoms with E-state index in [1.807, 2.05) is 13.8 Å². The molecular weight excluding hydrogens is 134 g/mol. The monoisotopic (exact) mass is 150 g/mol. The molecule has 0 saturated heterocycles. The van der Waals surface area contributed by atoms with Crippen LogP contribution in [-0.2, 0) is 0 Å². The summed E-state index contributed by atoms with van der Waals surface area (Å²) in [6.45, 7) is 4.47. The van der Waals surface area contributed by atoms with Gasteiger partial charge in [-0.25, -0.2) is 8.78 Å². The molecule has 0 aromatic carbocycles. The minimum absolute atomic E-state index is 0.334. The molecule has 0 aromatic heterocycles. The van der Waals surface area contributed by atoms with Gasteiger partial charge in [0.05, 0.1) is 0 Å². The lowest BCUT2D eigenvalue weighted by Crippen LogP contribution is -2.20. The molecule has 0 nitrogen and oxygen atoms in total. The predicted octanol–water partition coefficient (Wildman–Crippen LogP) is 3.12. The number of hydrogen-bond donors (Lipinski definition) is 0. The minimum atomic E-state index is -1.59. The van der Waals surface area contributed by atoms with Crippen LogP contribution in [0.5, 0.6) is 0 Å². The summed E-state index contributed by atoms with van der Waals surface area (Å²) in [7, 11) is 0. The van der Waals surface area contributed by atoms with Crippen molar-refractivity contribution >= 4 is 0 Å². The zero-order valence-corrected chi connectivity index (χ0v) is 6.95. The third-order valence-corrected chi connectivity index (χ3v) is 1.52. The summed E-state index contributed by atoms with van der Waals surface area (Å²) < 4.78 is 24.7. The van der Waals surface area contributed by atoms with Crippen molar-refractivity contribution in [1.82, 2.24) is 0 Å². The fraction of sp³-hybridized carbons (Fsp3) is 1.00. The average Bonchev–Trinajstić information content (AvgIpc) is 1.85. The molecule has 0 saturated carbocycles. The molecule has 62 valence electrons. The van der Waals surface area contributed by atoms with Gasteiger partial charge in [0.1, 0.15) is 12.3 Å². The van der Waals surface area contributed by atoms with Crippen molar-refractivity contribution in [1.29, 1.82) is 0 Å². The SMILES string of the molecule is CC(C)CCC(C)(F)CF. The lowest BCUT2D eigenvalue weighted by atomic mass is 9.98. The molecule has 2 heteroatoms. The Hall–Kier alpha value is -0.140. The van der Waals surface area contributed by atoms with Crippen molar-refractivity contribution in [2.45, 2.75) is 39.3 Å². The van der Waals surface area contributed by atoms with Crippen LogP contribution >= 0.6 is 0 Å². The van der Waals surface area contributed by atoms with E-state index in [1.54, 1.807) is 0 Å². The van der Waals surface area contributed by atoms with Gasteiger partial charge in [0.25, 0.3) is 0 Å². The molecule has 0 amide bonds. The van der Waals surface area contributed by atoms with Crippen molar-refractivity contribution in [3.05, 3.63) is 0 Å². The molecular formula is C8H16F2. The fourth-order valence-electron chi connectivity index (χ4n) is 0.656. The van der Waals surface area contributed by atoms with E-state index in [2.05, 4.69) is 0 Å². The molecule has 0 aromatic rings. The standard InChI is InChI=1S/C8H16F2/c1-7(2)4-5-8(3,10)6-9/h7H,4-6H2,1-3H3. The van der Waals surface area contributed by atoms with E-state index in [9.17, 15) is 8.78 Å². The second kappa shape index (κ2) is 3.89. The zero-order valence-electron chi connectivity index (χ0n) is 6.95. The van der Waals surface area contributed by atoms with Crippen LogP contribution in [0.15, 0.2) is 0 Å². The maximum absolute atomic E-state index is 12.8. The Morgan fingerprint density at radius 2 is 1.90 bits per heavy atom. The van der Waals surface area contributed by atoms with Gasteiger partial charge in [0.2, 0.25) is 0 Å². The number of rotatable bonds is 4. The molecule has 0 heterocycles. The van der Waals surface area contributed by atoms with Crippen LogP contribution in [0, 0.1) is 5.92 Å². The largest absolute Gasteiger partial charge is 0.248 e. The Morgan fingerprint density at radius 1 is 1.40 bits per heavy atom. The van der Waals surface area contributed by atoms with Gasteiger partial charge >= 0.3 is 0 Å². The molecule has 0 rings (SSSR count). The summed E-state index contributed by atoms with van der Waals surface area (Å²) in [5, 5.41) is 0. The second-order valence-corrected chi connectivity index (χ2v) is 3.48. The summed E-state index contributed by atoms with van der Waals surface area (Å²) in [6, 6.07) is 0. The predicted molar refractivity (Wildman–Crippen MR) is 39.6 cm³/mol. The topological polar surface area (TPSA) is 0 Å². The van der Waals surface area contributed by atoms with Crippen molar-refractivity contribution < 1.29 is 8.78 Å². The summed E-state index contributed by atoms with van der Waals surface area (Å²) >= 11 is 0. The third-order valence-electron chi connectivity index (χ3n) is 1.52. The van der Waals surface area contributed by atoms with Crippen LogP contribution in [0.2, 0.25) is 0 Å². The van der Waals surface area contributed by atoms with Crippen molar-refractivity contribution in [3.8, 4) is 0 Å². The molecule has 0 fully saturated rings. The second-order valence-electron chi connectivity index (χ2n) is 3.48. The first-order valence-electron chi connectivity index (χ1n) is 3.73. The highest BCUT2D eigenvalue weighted by Gasteiger charge is 2.22. The molecule has 1 unspecified atom stereocenters. The van der Waals surface area contributed by atoms with Gasteiger partial charge in [0, 0.05) is 0 Å². The highest BCUT2D eigenvalue weighted by molar-refractivity contribution is 4.71. The summed E-state index contributed by atoms with van der Waals surface area (Å²) in [4.78, 5) is 0. The van der Waals surface area contributed by atoms with Crippen LogP contribution in [0.3, 0.4) is 0 Å². The Labute approximate surface area is 61.6 Å². The Bertz CT molecular complexity index is 87.3. The molecule has 0 bridgehead atoms. The normalized spacial score (nSPS) is 17.4. The van der Waals surface area contributed by atoms with Gasteiger partial charge in [-0.1, -0.05) is 13.8 Å². The van der Waals surface area contributed by atoms with E-state index in [0.717, 1.165) is 6.42 Å². The van der Waals surface area contributed by atoms with Gasteiger partial charge < -0.3 is 0 Å². The van der Waals surface area contributed by atoms with Crippen LogP contribution in [0.4, 0.5) is 8.78 Å². The third kappa shape index (κ3) is 4.71. The summed E-state index contributed by atoms with van der Waals surface area (Å²) in [6.07, 6.45) is 1.10. The maximum atomic E-state index is 12.8. The van der Waals surface area contributed by atoms with E-state index in [1.165, 1.54) is 6.92 Å². The Balaban J connectivity index is 3.46. The van der Waals surface area contributed by atoms with Gasteiger partial charge in [-0.15, -0.1) is 0 Å². The summed E-state index contributed by atoms with van der Waals surface area (Å²) in [5.74, 6) is 0.460. The number of alkyl halides is 2. The van der Waals surface area contributed by atoms with Crippen LogP contribution in [0.1, 0.15) is 33.6 Å². The summed E-state index contributed by atoms with van der Waals surface area (Å²) in [5.41, 5.74) is -1.59. The average molecular weight is 150 g/mol. The van der Waals surface area contributed by atoms with Gasteiger partial charge in [-0.05, 0) is 25.7 Å². The van der Waals surface area contributed by atoms with E-state index in [-0.39, 0.29) is 0 Å². The molecule has 0 N–H and O–H groups in total. The Kier molecular flexibility index (Phi) is 3.84. The van der Waals surface area contributed by atoms with Crippen molar-refractivity contribution in [2.24, 2.45) is 5.92 Å². The zero-order chi connectivity index (χ0) is 8.20. The van der Waals surface area contributed by atoms with Gasteiger partial charge in [-0.2, -0.15) is 0 Å². The van der Waals surface area contributed by atoms with Gasteiger partial charge in [-0.3, -0.25) is 0 Å². The molecule has 1 atom stereocenters. The molecule has 0 radical (unpaired) electrons. The molecule has 0 aliphatic rings. The van der Waals surface area contributed by atoms with Crippen LogP contribution in [-0.4, -0.2) is 12.3 Å². The van der Waals surface area contributed by atoms with Crippen molar-refractivity contribution in [2.75, 3.05) is 6.67 Å². The highest BCUT2D eigenvalue weighted by Crippen LogP contribution is 2.20. The highest BCUT2D eigenvalue weighted by atomic mass is 19.2. The molecule has 0 spiro atoms. The first kappa shape index (κ1) is 9.86. The molecule has 10 heavy (non-hydrogen) atoms. The van der Waals surface area contributed by atoms with E-state index < -0.39 is 12.3 Å². The maximum Gasteiger partial charge on any atom is 0.136 e. The smallest absolute Gasteiger partial charge is 0.136 e. The molecule has 0 aliphatic heterocycles. The van der Waals surface area contributed by atoms with Gasteiger partial charge in [0.15, 0.2) is 0 Å². The number of hydrogen-bond acceptors (Lipinski definition) is 0. The van der Waals surface area contributed by atoms with E-state index in [4.69, 9.17) is 0 Å². The quantitative estimate of drug-likeness (QED) is 0.577.